The van der Waals surface area contributed by atoms with Gasteiger partial charge in [-0.2, -0.15) is 0 Å². The first kappa shape index (κ1) is 18.2. The molecule has 1 aromatic rings. The Morgan fingerprint density at radius 2 is 2.08 bits per heavy atom. The minimum Gasteiger partial charge on any atom is -0.356 e. The van der Waals surface area contributed by atoms with Gasteiger partial charge < -0.3 is 10.2 Å². The number of aliphatic imine (C=N–C) groups is 1. The van der Waals surface area contributed by atoms with E-state index >= 15 is 0 Å². The fourth-order valence-corrected chi connectivity index (χ4v) is 2.99. The van der Waals surface area contributed by atoms with Crippen molar-refractivity contribution < 1.29 is 4.79 Å². The first-order valence-electron chi connectivity index (χ1n) is 8.61. The third kappa shape index (κ3) is 4.43. The number of hydrogen-bond donors (Lipinski definition) is 1. The molecule has 0 saturated carbocycles. The van der Waals surface area contributed by atoms with Crippen LogP contribution in [0.1, 0.15) is 46.1 Å². The van der Waals surface area contributed by atoms with Gasteiger partial charge in [0.1, 0.15) is 5.82 Å². The molecule has 1 aromatic heterocycles. The molecular weight excluding hydrogens is 300 g/mol. The minimum atomic E-state index is 0.0925. The molecular formula is C19H28N4O. The largest absolute Gasteiger partial charge is 0.356 e. The molecule has 24 heavy (non-hydrogen) atoms. The summed E-state index contributed by atoms with van der Waals surface area (Å²) in [7, 11) is 0. The van der Waals surface area contributed by atoms with Crippen molar-refractivity contribution in [1.29, 1.82) is 0 Å². The summed E-state index contributed by atoms with van der Waals surface area (Å²) in [6.45, 7) is 13.5. The van der Waals surface area contributed by atoms with Crippen molar-refractivity contribution in [3.8, 4) is 0 Å². The number of amides is 1. The number of aromatic nitrogens is 1. The molecule has 0 spiro atoms. The molecule has 1 saturated heterocycles. The summed E-state index contributed by atoms with van der Waals surface area (Å²) in [5.41, 5.74) is 2.86. The number of carbonyl (C=O) groups is 1. The fourth-order valence-electron chi connectivity index (χ4n) is 2.99. The molecule has 0 aliphatic carbocycles. The Balaban J connectivity index is 2.13. The number of carbonyl (C=O) groups excluding carboxylic acids is 1. The van der Waals surface area contributed by atoms with E-state index < -0.39 is 0 Å². The number of hydrogen-bond acceptors (Lipinski definition) is 4. The van der Waals surface area contributed by atoms with Gasteiger partial charge in [-0.3, -0.25) is 9.79 Å². The maximum atomic E-state index is 12.2. The molecule has 0 atom stereocenters. The van der Waals surface area contributed by atoms with Gasteiger partial charge in [-0.05, 0) is 46.6 Å². The summed E-state index contributed by atoms with van der Waals surface area (Å²) in [6.07, 6.45) is 5.30. The van der Waals surface area contributed by atoms with Crippen molar-refractivity contribution in [2.75, 3.05) is 18.0 Å². The van der Waals surface area contributed by atoms with Crippen LogP contribution in [-0.2, 0) is 4.79 Å². The molecule has 0 aromatic carbocycles. The highest BCUT2D eigenvalue weighted by Gasteiger charge is 2.27. The Morgan fingerprint density at radius 3 is 2.62 bits per heavy atom. The Labute approximate surface area is 144 Å². The van der Waals surface area contributed by atoms with Crippen LogP contribution in [0.3, 0.4) is 0 Å². The zero-order valence-electron chi connectivity index (χ0n) is 15.2. The molecule has 0 bridgehead atoms. The van der Waals surface area contributed by atoms with E-state index in [-0.39, 0.29) is 17.9 Å². The van der Waals surface area contributed by atoms with Gasteiger partial charge in [0.15, 0.2) is 0 Å². The standard InChI is InChI=1S/C19H28N4O/c1-6-16-17(21-13(2)3)7-10-20-18(16)23-11-8-15(9-12-23)19(24)22-14(4)5/h6-7,10,14-15H,1,8-9,11-12H2,2-5H3,(H,22,24). The van der Waals surface area contributed by atoms with Crippen LogP contribution < -0.4 is 10.2 Å². The van der Waals surface area contributed by atoms with E-state index in [9.17, 15) is 4.79 Å². The molecule has 1 N–H and O–H groups in total. The molecule has 1 amide bonds. The number of pyridine rings is 1. The molecule has 0 radical (unpaired) electrons. The number of anilines is 1. The van der Waals surface area contributed by atoms with Crippen molar-refractivity contribution in [3.63, 3.8) is 0 Å². The predicted octanol–water partition coefficient (Wildman–Crippen LogP) is 3.58. The number of nitrogens with one attached hydrogen (secondary N) is 1. The van der Waals surface area contributed by atoms with Crippen LogP contribution in [0.15, 0.2) is 23.8 Å². The van der Waals surface area contributed by atoms with E-state index in [1.54, 1.807) is 6.20 Å². The van der Waals surface area contributed by atoms with Gasteiger partial charge in [-0.25, -0.2) is 4.98 Å². The van der Waals surface area contributed by atoms with Crippen LogP contribution in [0, 0.1) is 5.92 Å². The lowest BCUT2D eigenvalue weighted by Gasteiger charge is -2.33. The summed E-state index contributed by atoms with van der Waals surface area (Å²) in [5, 5.41) is 3.01. The average molecular weight is 328 g/mol. The number of rotatable bonds is 5. The summed E-state index contributed by atoms with van der Waals surface area (Å²) >= 11 is 0. The highest BCUT2D eigenvalue weighted by atomic mass is 16.1. The molecule has 130 valence electrons. The SMILES string of the molecule is C=Cc1c(N=C(C)C)ccnc1N1CCC(C(=O)NC(C)C)CC1. The Hall–Kier alpha value is -2.17. The molecule has 1 aliphatic rings. The molecule has 2 rings (SSSR count). The third-order valence-corrected chi connectivity index (χ3v) is 4.09. The average Bonchev–Trinajstić information content (AvgIpc) is 2.53. The van der Waals surface area contributed by atoms with Gasteiger partial charge in [0.05, 0.1) is 5.69 Å². The van der Waals surface area contributed by atoms with Crippen LogP contribution in [0.5, 0.6) is 0 Å². The first-order chi connectivity index (χ1) is 11.4. The lowest BCUT2D eigenvalue weighted by atomic mass is 9.95. The molecule has 0 unspecified atom stereocenters. The van der Waals surface area contributed by atoms with Crippen molar-refractivity contribution in [2.45, 2.75) is 46.6 Å². The maximum absolute atomic E-state index is 12.2. The lowest BCUT2D eigenvalue weighted by molar-refractivity contribution is -0.126. The summed E-state index contributed by atoms with van der Waals surface area (Å²) in [6, 6.07) is 2.10. The first-order valence-corrected chi connectivity index (χ1v) is 8.61. The van der Waals surface area contributed by atoms with Crippen molar-refractivity contribution in [1.82, 2.24) is 10.3 Å². The zero-order valence-corrected chi connectivity index (χ0v) is 15.2. The van der Waals surface area contributed by atoms with Crippen molar-refractivity contribution >= 4 is 29.2 Å². The highest BCUT2D eigenvalue weighted by Crippen LogP contribution is 2.31. The van der Waals surface area contributed by atoms with E-state index in [2.05, 4.69) is 26.8 Å². The van der Waals surface area contributed by atoms with Crippen molar-refractivity contribution in [3.05, 3.63) is 24.4 Å². The minimum absolute atomic E-state index is 0.0925. The van der Waals surface area contributed by atoms with Gasteiger partial charge in [-0.1, -0.05) is 12.7 Å². The van der Waals surface area contributed by atoms with Crippen LogP contribution >= 0.6 is 0 Å². The Bertz CT molecular complexity index is 624. The topological polar surface area (TPSA) is 57.6 Å². The lowest BCUT2D eigenvalue weighted by Crippen LogP contribution is -2.42. The normalized spacial score (nSPS) is 15.3. The molecule has 5 nitrogen and oxygen atoms in total. The number of nitrogens with zero attached hydrogens (tertiary/aromatic N) is 3. The second kappa shape index (κ2) is 8.08. The van der Waals surface area contributed by atoms with Gasteiger partial charge in [0.2, 0.25) is 5.91 Å². The highest BCUT2D eigenvalue weighted by molar-refractivity contribution is 5.85. The molecule has 5 heteroatoms. The maximum Gasteiger partial charge on any atom is 0.223 e. The van der Waals surface area contributed by atoms with Gasteiger partial charge >= 0.3 is 0 Å². The van der Waals surface area contributed by atoms with Gasteiger partial charge in [0.25, 0.3) is 0 Å². The number of piperidine rings is 1. The van der Waals surface area contributed by atoms with E-state index in [1.165, 1.54) is 0 Å². The Kier molecular flexibility index (Phi) is 6.12. The smallest absolute Gasteiger partial charge is 0.223 e. The molecule has 1 fully saturated rings. The van der Waals surface area contributed by atoms with Crippen LogP contribution in [-0.4, -0.2) is 35.7 Å². The second-order valence-corrected chi connectivity index (χ2v) is 6.76. The van der Waals surface area contributed by atoms with Crippen molar-refractivity contribution in [2.24, 2.45) is 10.9 Å². The monoisotopic (exact) mass is 328 g/mol. The van der Waals surface area contributed by atoms with Crippen LogP contribution in [0.2, 0.25) is 0 Å². The fraction of sp³-hybridized carbons (Fsp3) is 0.526. The van der Waals surface area contributed by atoms with Gasteiger partial charge in [-0.15, -0.1) is 0 Å². The summed E-state index contributed by atoms with van der Waals surface area (Å²) in [4.78, 5) is 23.5. The summed E-state index contributed by atoms with van der Waals surface area (Å²) < 4.78 is 0. The Morgan fingerprint density at radius 1 is 1.42 bits per heavy atom. The van der Waals surface area contributed by atoms with E-state index in [4.69, 9.17) is 0 Å². The van der Waals surface area contributed by atoms with Gasteiger partial charge in [0, 0.05) is 42.5 Å². The quantitative estimate of drug-likeness (QED) is 0.841. The third-order valence-electron chi connectivity index (χ3n) is 4.09. The second-order valence-electron chi connectivity index (χ2n) is 6.76. The molecule has 1 aliphatic heterocycles. The van der Waals surface area contributed by atoms with Crippen LogP contribution in [0.25, 0.3) is 6.08 Å². The van der Waals surface area contributed by atoms with Crippen LogP contribution in [0.4, 0.5) is 11.5 Å². The summed E-state index contributed by atoms with van der Waals surface area (Å²) in [5.74, 6) is 1.17. The van der Waals surface area contributed by atoms with E-state index in [0.29, 0.717) is 0 Å². The van der Waals surface area contributed by atoms with E-state index in [1.807, 2.05) is 39.8 Å². The zero-order chi connectivity index (χ0) is 17.7. The van der Waals surface area contributed by atoms with E-state index in [0.717, 1.165) is 48.7 Å². The molecule has 2 heterocycles. The predicted molar refractivity (Wildman–Crippen MR) is 101 cm³/mol.